The molecule has 11 heteroatoms. The number of benzene rings is 1. The average molecular weight is 478 g/mol. The van der Waals surface area contributed by atoms with Gasteiger partial charge in [0.25, 0.3) is 5.91 Å². The molecule has 1 fully saturated rings. The number of pyridine rings is 1. The summed E-state index contributed by atoms with van der Waals surface area (Å²) in [4.78, 5) is 26.0. The van der Waals surface area contributed by atoms with Gasteiger partial charge in [-0.05, 0) is 30.7 Å². The molecule has 4 rings (SSSR count). The zero-order chi connectivity index (χ0) is 23.4. The molecule has 3 heterocycles. The summed E-state index contributed by atoms with van der Waals surface area (Å²) in [5.74, 6) is 1.93. The van der Waals surface area contributed by atoms with Gasteiger partial charge in [-0.25, -0.2) is 4.98 Å². The molecule has 1 amide bonds. The van der Waals surface area contributed by atoms with Crippen molar-refractivity contribution in [1.29, 1.82) is 0 Å². The van der Waals surface area contributed by atoms with Crippen molar-refractivity contribution in [3.63, 3.8) is 0 Å². The lowest BCUT2D eigenvalue weighted by Gasteiger charge is -2.23. The maximum atomic E-state index is 13.3. The molecule has 0 unspecified atom stereocenters. The number of aromatic nitrogens is 3. The molecular weight excluding hydrogens is 455 g/mol. The van der Waals surface area contributed by atoms with Crippen molar-refractivity contribution in [2.45, 2.75) is 30.2 Å². The number of aryl methyl sites for hydroxylation is 1. The Kier molecular flexibility index (Phi) is 6.87. The highest BCUT2D eigenvalue weighted by atomic mass is 32.2. The monoisotopic (exact) mass is 477 g/mol. The normalized spacial score (nSPS) is 14.9. The highest BCUT2D eigenvalue weighted by Gasteiger charge is 2.31. The molecule has 0 N–H and O–H groups in total. The number of halogens is 3. The maximum Gasteiger partial charge on any atom is 0.417 e. The van der Waals surface area contributed by atoms with Crippen LogP contribution in [0.5, 0.6) is 0 Å². The van der Waals surface area contributed by atoms with Crippen molar-refractivity contribution in [3.8, 4) is 0 Å². The van der Waals surface area contributed by atoms with Crippen LogP contribution < -0.4 is 4.90 Å². The molecule has 1 aliphatic heterocycles. The quantitative estimate of drug-likeness (QED) is 0.503. The third-order valence-electron chi connectivity index (χ3n) is 5.23. The van der Waals surface area contributed by atoms with E-state index in [2.05, 4.69) is 15.1 Å². The minimum absolute atomic E-state index is 0.0791. The Morgan fingerprint density at radius 1 is 1.12 bits per heavy atom. The van der Waals surface area contributed by atoms with Crippen LogP contribution in [0.15, 0.2) is 52.0 Å². The molecule has 0 saturated carbocycles. The molecule has 1 aromatic carbocycles. The first-order valence-electron chi connectivity index (χ1n) is 10.4. The van der Waals surface area contributed by atoms with Crippen LogP contribution in [0.4, 0.5) is 19.0 Å². The van der Waals surface area contributed by atoms with Crippen molar-refractivity contribution in [2.24, 2.45) is 0 Å². The summed E-state index contributed by atoms with van der Waals surface area (Å²) in [6.07, 6.45) is -2.88. The molecular formula is C22H22F3N5O2S. The highest BCUT2D eigenvalue weighted by molar-refractivity contribution is 7.98. The lowest BCUT2D eigenvalue weighted by Crippen LogP contribution is -2.35. The number of rotatable bonds is 5. The van der Waals surface area contributed by atoms with Crippen molar-refractivity contribution in [3.05, 3.63) is 65.4 Å². The molecule has 0 spiro atoms. The van der Waals surface area contributed by atoms with E-state index in [4.69, 9.17) is 4.52 Å². The molecule has 0 aliphatic carbocycles. The zero-order valence-electron chi connectivity index (χ0n) is 17.9. The summed E-state index contributed by atoms with van der Waals surface area (Å²) >= 11 is 1.47. The topological polar surface area (TPSA) is 75.4 Å². The van der Waals surface area contributed by atoms with Crippen LogP contribution in [-0.4, -0.2) is 52.1 Å². The Balaban J connectivity index is 1.41. The fourth-order valence-electron chi connectivity index (χ4n) is 3.57. The van der Waals surface area contributed by atoms with Crippen LogP contribution in [0.1, 0.15) is 34.1 Å². The summed E-state index contributed by atoms with van der Waals surface area (Å²) in [6, 6.07) is 9.81. The summed E-state index contributed by atoms with van der Waals surface area (Å²) in [5.41, 5.74) is -0.174. The Bertz CT molecular complexity index is 1100. The maximum absolute atomic E-state index is 13.3. The van der Waals surface area contributed by atoms with Crippen LogP contribution in [0.2, 0.25) is 0 Å². The Morgan fingerprint density at radius 2 is 1.94 bits per heavy atom. The largest absolute Gasteiger partial charge is 0.417 e. The van der Waals surface area contributed by atoms with Crippen LogP contribution in [0.3, 0.4) is 0 Å². The molecule has 1 saturated heterocycles. The molecule has 0 atom stereocenters. The Labute approximate surface area is 193 Å². The first-order valence-corrected chi connectivity index (χ1v) is 11.4. The molecule has 2 aromatic heterocycles. The van der Waals surface area contributed by atoms with E-state index in [1.165, 1.54) is 17.8 Å². The number of alkyl halides is 3. The molecule has 174 valence electrons. The predicted molar refractivity (Wildman–Crippen MR) is 117 cm³/mol. The van der Waals surface area contributed by atoms with Gasteiger partial charge in [0.1, 0.15) is 5.82 Å². The van der Waals surface area contributed by atoms with Crippen molar-refractivity contribution >= 4 is 23.5 Å². The first-order chi connectivity index (χ1) is 15.8. The van der Waals surface area contributed by atoms with Gasteiger partial charge in [-0.2, -0.15) is 18.2 Å². The van der Waals surface area contributed by atoms with Crippen molar-refractivity contribution in [1.82, 2.24) is 20.0 Å². The zero-order valence-corrected chi connectivity index (χ0v) is 18.7. The van der Waals surface area contributed by atoms with Gasteiger partial charge in [-0.15, -0.1) is 11.8 Å². The first kappa shape index (κ1) is 23.1. The van der Waals surface area contributed by atoms with Crippen molar-refractivity contribution < 1.29 is 22.5 Å². The van der Waals surface area contributed by atoms with Gasteiger partial charge >= 0.3 is 6.18 Å². The van der Waals surface area contributed by atoms with Crippen LogP contribution in [0.25, 0.3) is 0 Å². The van der Waals surface area contributed by atoms with E-state index in [9.17, 15) is 18.0 Å². The fourth-order valence-corrected chi connectivity index (χ4v) is 4.46. The molecule has 0 radical (unpaired) electrons. The number of carbonyl (C=O) groups excluding carboxylic acids is 1. The minimum atomic E-state index is -4.42. The van der Waals surface area contributed by atoms with Gasteiger partial charge < -0.3 is 14.3 Å². The van der Waals surface area contributed by atoms with Gasteiger partial charge in [-0.1, -0.05) is 17.3 Å². The van der Waals surface area contributed by atoms with E-state index < -0.39 is 11.7 Å². The fraction of sp³-hybridized carbons (Fsp3) is 0.364. The van der Waals surface area contributed by atoms with E-state index in [0.29, 0.717) is 61.4 Å². The average Bonchev–Trinajstić information content (AvgIpc) is 3.07. The number of hydrogen-bond donors (Lipinski definition) is 0. The Hall–Kier alpha value is -3.08. The third-order valence-corrected chi connectivity index (χ3v) is 6.30. The molecule has 1 aliphatic rings. The number of hydrogen-bond acceptors (Lipinski definition) is 7. The summed E-state index contributed by atoms with van der Waals surface area (Å²) in [6.45, 7) is 3.82. The lowest BCUT2D eigenvalue weighted by molar-refractivity contribution is -0.137. The summed E-state index contributed by atoms with van der Waals surface area (Å²) in [7, 11) is 0. The van der Waals surface area contributed by atoms with Gasteiger partial charge in [0.2, 0.25) is 5.89 Å². The van der Waals surface area contributed by atoms with E-state index in [1.807, 2.05) is 23.1 Å². The van der Waals surface area contributed by atoms with E-state index in [-0.39, 0.29) is 5.91 Å². The van der Waals surface area contributed by atoms with Gasteiger partial charge in [0.15, 0.2) is 5.82 Å². The van der Waals surface area contributed by atoms with Crippen LogP contribution >= 0.6 is 11.8 Å². The summed E-state index contributed by atoms with van der Waals surface area (Å²) < 4.78 is 43.4. The lowest BCUT2D eigenvalue weighted by atomic mass is 10.2. The third kappa shape index (κ3) is 5.65. The second-order valence-electron chi connectivity index (χ2n) is 7.55. The van der Waals surface area contributed by atoms with Crippen molar-refractivity contribution in [2.75, 3.05) is 31.1 Å². The van der Waals surface area contributed by atoms with Crippen LogP contribution in [0, 0.1) is 6.92 Å². The summed E-state index contributed by atoms with van der Waals surface area (Å²) in [5, 5.41) is 3.89. The SMILES string of the molecule is Cc1nc(CSc2ccccc2C(=O)N2CCCN(c3ccc(C(F)(F)F)cn3)CC2)no1. The molecule has 33 heavy (non-hydrogen) atoms. The van der Waals surface area contributed by atoms with Gasteiger partial charge in [-0.3, -0.25) is 4.79 Å². The van der Waals surface area contributed by atoms with E-state index in [1.54, 1.807) is 17.9 Å². The van der Waals surface area contributed by atoms with E-state index >= 15 is 0 Å². The second kappa shape index (κ2) is 9.82. The number of amides is 1. The van der Waals surface area contributed by atoms with Crippen LogP contribution in [-0.2, 0) is 11.9 Å². The number of nitrogens with zero attached hydrogens (tertiary/aromatic N) is 5. The minimum Gasteiger partial charge on any atom is -0.355 e. The second-order valence-corrected chi connectivity index (χ2v) is 8.57. The molecule has 3 aromatic rings. The molecule has 7 nitrogen and oxygen atoms in total. The number of thioether (sulfide) groups is 1. The van der Waals surface area contributed by atoms with Gasteiger partial charge in [0.05, 0.1) is 16.9 Å². The van der Waals surface area contributed by atoms with Gasteiger partial charge in [0, 0.05) is 44.2 Å². The number of anilines is 1. The Morgan fingerprint density at radius 3 is 2.64 bits per heavy atom. The van der Waals surface area contributed by atoms with E-state index in [0.717, 1.165) is 17.2 Å². The standard InChI is InChI=1S/C22H22F3N5O2S/c1-15-27-19(28-32-15)14-33-18-6-3-2-5-17(18)21(31)30-10-4-9-29(11-12-30)20-8-7-16(13-26-20)22(23,24)25/h2-3,5-8,13H,4,9-12,14H2,1H3. The molecule has 0 bridgehead atoms. The smallest absolute Gasteiger partial charge is 0.355 e. The number of carbonyl (C=O) groups is 1. The highest BCUT2D eigenvalue weighted by Crippen LogP contribution is 2.30. The predicted octanol–water partition coefficient (Wildman–Crippen LogP) is 4.44.